The van der Waals surface area contributed by atoms with E-state index >= 15 is 0 Å². The summed E-state index contributed by atoms with van der Waals surface area (Å²) in [5, 5.41) is 0. The van der Waals surface area contributed by atoms with E-state index in [2.05, 4.69) is 255 Å². The summed E-state index contributed by atoms with van der Waals surface area (Å²) in [5.41, 5.74) is 25.5. The van der Waals surface area contributed by atoms with E-state index in [0.29, 0.717) is 0 Å². The molecule has 1 heteroatoms. The Balaban J connectivity index is 1.12. The molecule has 4 aliphatic rings. The summed E-state index contributed by atoms with van der Waals surface area (Å²) in [7, 11) is 0. The number of nitrogens with zero attached hydrogens (tertiary/aromatic N) is 1. The predicted molar refractivity (Wildman–Crippen MR) is 281 cm³/mol. The molecule has 0 saturated heterocycles. The van der Waals surface area contributed by atoms with Crippen molar-refractivity contribution in [2.75, 3.05) is 0 Å². The highest BCUT2D eigenvalue weighted by Gasteiger charge is 2.49. The molecule has 1 heterocycles. The molecule has 1 aromatic heterocycles. The topological polar surface area (TPSA) is 12.9 Å². The van der Waals surface area contributed by atoms with Crippen molar-refractivity contribution >= 4 is 28.9 Å². The Morgan fingerprint density at radius 2 is 0.701 bits per heavy atom. The smallest absolute Gasteiger partial charge is 0.0762 e. The molecule has 0 N–H and O–H groups in total. The lowest BCUT2D eigenvalue weighted by Gasteiger charge is -2.42. The third-order valence-corrected chi connectivity index (χ3v) is 14.2. The molecule has 1 nitrogen and oxygen atoms in total. The molecular formula is C66H43N. The molecule has 0 aliphatic heterocycles. The first-order valence-corrected chi connectivity index (χ1v) is 23.2. The maximum absolute atomic E-state index is 5.62. The van der Waals surface area contributed by atoms with Crippen LogP contribution < -0.4 is 0 Å². The van der Waals surface area contributed by atoms with E-state index in [1.807, 2.05) is 6.20 Å². The van der Waals surface area contributed by atoms with Crippen LogP contribution in [-0.4, -0.2) is 4.98 Å². The van der Waals surface area contributed by atoms with Crippen LogP contribution in [0.3, 0.4) is 0 Å². The Morgan fingerprint density at radius 1 is 0.299 bits per heavy atom. The minimum absolute atomic E-state index is 0.650. The average molecular weight is 850 g/mol. The largest absolute Gasteiger partial charge is 0.256 e. The van der Waals surface area contributed by atoms with Crippen LogP contribution in [0.25, 0.3) is 95.6 Å². The van der Waals surface area contributed by atoms with E-state index in [-0.39, 0.29) is 0 Å². The van der Waals surface area contributed by atoms with Crippen molar-refractivity contribution in [3.63, 3.8) is 0 Å². The highest BCUT2D eigenvalue weighted by atomic mass is 14.7. The van der Waals surface area contributed by atoms with Crippen molar-refractivity contribution in [3.8, 4) is 66.8 Å². The fraction of sp³-hybridized carbons (Fsp3) is 0.0152. The molecule has 1 atom stereocenters. The van der Waals surface area contributed by atoms with Gasteiger partial charge in [0.25, 0.3) is 0 Å². The van der Waals surface area contributed by atoms with Crippen molar-refractivity contribution in [3.05, 3.63) is 288 Å². The second kappa shape index (κ2) is 15.8. The molecule has 1 unspecified atom stereocenters. The summed E-state index contributed by atoms with van der Waals surface area (Å²) in [5.74, 6) is 0. The minimum Gasteiger partial charge on any atom is -0.256 e. The van der Waals surface area contributed by atoms with Crippen LogP contribution in [0.15, 0.2) is 260 Å². The van der Waals surface area contributed by atoms with Crippen molar-refractivity contribution in [1.82, 2.24) is 4.98 Å². The fourth-order valence-electron chi connectivity index (χ4n) is 11.3. The summed E-state index contributed by atoms with van der Waals surface area (Å²) >= 11 is 0. The van der Waals surface area contributed by atoms with Crippen molar-refractivity contribution < 1.29 is 0 Å². The second-order valence-corrected chi connectivity index (χ2v) is 17.7. The van der Waals surface area contributed by atoms with Gasteiger partial charge in [0.05, 0.1) is 11.1 Å². The molecule has 0 radical (unpaired) electrons. The molecule has 0 saturated carbocycles. The zero-order chi connectivity index (χ0) is 44.3. The number of pyridine rings is 1. The van der Waals surface area contributed by atoms with Gasteiger partial charge in [-0.15, -0.1) is 0 Å². The van der Waals surface area contributed by atoms with E-state index in [9.17, 15) is 0 Å². The molecule has 0 bridgehead atoms. The first kappa shape index (κ1) is 38.8. The lowest BCUT2D eigenvalue weighted by atomic mass is 9.60. The molecule has 8 aromatic carbocycles. The standard InChI is InChI=1S/C66H43N/c1-3-20-44(21-4-1)48-26-11-13-30-52(48)54-32-15-16-34-56(54)60-39-41-67-65(64(60)59-35-18-17-33-55(59)53-31-14-12-27-49(53)45-22-5-2-6-23-45)61-38-37-58-51-29-10-8-25-47(51)43-63(58)66(61)40-19-36-57-50-28-9-7-24-46(50)42-62(57)66/h1-43H. The first-order valence-electron chi connectivity index (χ1n) is 23.2. The summed E-state index contributed by atoms with van der Waals surface area (Å²) in [6, 6.07) is 77.1. The zero-order valence-electron chi connectivity index (χ0n) is 36.8. The lowest BCUT2D eigenvalue weighted by molar-refractivity contribution is 0.774. The van der Waals surface area contributed by atoms with Crippen molar-refractivity contribution in [1.29, 1.82) is 0 Å². The monoisotopic (exact) mass is 849 g/mol. The SMILES string of the molecule is C1=CC2(C3=Cc4ccccc4C3=C1)C1=Cc3ccccc3C1=CC=C2c1nccc(-c2ccccc2-c2ccccc2-c2ccccc2)c1-c1ccccc1-c1ccccc1-c1ccccc1. The quantitative estimate of drug-likeness (QED) is 0.156. The second-order valence-electron chi connectivity index (χ2n) is 17.7. The maximum atomic E-state index is 5.62. The molecule has 9 aromatic rings. The molecule has 13 rings (SSSR count). The van der Waals surface area contributed by atoms with Crippen LogP contribution in [-0.2, 0) is 0 Å². The summed E-state index contributed by atoms with van der Waals surface area (Å²) in [6.45, 7) is 0. The average Bonchev–Trinajstić information content (AvgIpc) is 3.99. The van der Waals surface area contributed by atoms with E-state index < -0.39 is 5.41 Å². The zero-order valence-corrected chi connectivity index (χ0v) is 36.8. The highest BCUT2D eigenvalue weighted by Crippen LogP contribution is 2.64. The molecule has 0 fully saturated rings. The number of rotatable bonds is 7. The Morgan fingerprint density at radius 3 is 1.24 bits per heavy atom. The van der Waals surface area contributed by atoms with Gasteiger partial charge in [-0.05, 0) is 130 Å². The van der Waals surface area contributed by atoms with Crippen LogP contribution in [0.2, 0.25) is 0 Å². The van der Waals surface area contributed by atoms with Crippen LogP contribution in [0.1, 0.15) is 27.9 Å². The summed E-state index contributed by atoms with van der Waals surface area (Å²) in [4.78, 5) is 5.62. The third kappa shape index (κ3) is 6.13. The van der Waals surface area contributed by atoms with Gasteiger partial charge in [0.1, 0.15) is 0 Å². The minimum atomic E-state index is -0.650. The first-order chi connectivity index (χ1) is 33.3. The summed E-state index contributed by atoms with van der Waals surface area (Å²) in [6.07, 6.45) is 18.7. The summed E-state index contributed by atoms with van der Waals surface area (Å²) < 4.78 is 0. The molecule has 1 spiro atoms. The highest BCUT2D eigenvalue weighted by molar-refractivity contribution is 6.13. The normalized spacial score (nSPS) is 16.2. The van der Waals surface area contributed by atoms with E-state index in [1.54, 1.807) is 0 Å². The van der Waals surface area contributed by atoms with Gasteiger partial charge < -0.3 is 0 Å². The number of benzene rings is 8. The van der Waals surface area contributed by atoms with Gasteiger partial charge in [-0.2, -0.15) is 0 Å². The van der Waals surface area contributed by atoms with Gasteiger partial charge in [-0.1, -0.05) is 237 Å². The maximum Gasteiger partial charge on any atom is 0.0762 e. The van der Waals surface area contributed by atoms with Gasteiger partial charge in [-0.25, -0.2) is 0 Å². The van der Waals surface area contributed by atoms with E-state index in [0.717, 1.165) is 39.1 Å². The number of hydrogen-bond donors (Lipinski definition) is 0. The molecule has 4 aliphatic carbocycles. The number of fused-ring (bicyclic) bond motifs is 8. The van der Waals surface area contributed by atoms with Crippen LogP contribution in [0.5, 0.6) is 0 Å². The molecular weight excluding hydrogens is 807 g/mol. The number of hydrogen-bond acceptors (Lipinski definition) is 1. The predicted octanol–water partition coefficient (Wildman–Crippen LogP) is 17.0. The Kier molecular flexibility index (Phi) is 9.15. The van der Waals surface area contributed by atoms with Gasteiger partial charge in [0.15, 0.2) is 0 Å². The lowest BCUT2D eigenvalue weighted by Crippen LogP contribution is -2.29. The van der Waals surface area contributed by atoms with Crippen molar-refractivity contribution in [2.45, 2.75) is 0 Å². The third-order valence-electron chi connectivity index (χ3n) is 14.2. The fourth-order valence-corrected chi connectivity index (χ4v) is 11.3. The molecule has 312 valence electrons. The van der Waals surface area contributed by atoms with Gasteiger partial charge in [-0.3, -0.25) is 4.98 Å². The van der Waals surface area contributed by atoms with E-state index in [1.165, 1.54) is 83.5 Å². The number of aromatic nitrogens is 1. The number of allylic oxidation sites excluding steroid dienone is 10. The Hall–Kier alpha value is -8.65. The molecule has 0 amide bonds. The van der Waals surface area contributed by atoms with Crippen LogP contribution in [0.4, 0.5) is 0 Å². The van der Waals surface area contributed by atoms with Gasteiger partial charge >= 0.3 is 0 Å². The van der Waals surface area contributed by atoms with Gasteiger partial charge in [0.2, 0.25) is 0 Å². The molecule has 67 heavy (non-hydrogen) atoms. The van der Waals surface area contributed by atoms with Crippen LogP contribution >= 0.6 is 0 Å². The van der Waals surface area contributed by atoms with Crippen molar-refractivity contribution in [2.24, 2.45) is 5.41 Å². The van der Waals surface area contributed by atoms with Gasteiger partial charge in [0, 0.05) is 11.8 Å². The van der Waals surface area contributed by atoms with E-state index in [4.69, 9.17) is 4.98 Å². The van der Waals surface area contributed by atoms with Crippen LogP contribution in [0, 0.1) is 5.41 Å². The Bertz CT molecular complexity index is 3640. The Labute approximate surface area is 392 Å².